The van der Waals surface area contributed by atoms with E-state index >= 15 is 0 Å². The van der Waals surface area contributed by atoms with Gasteiger partial charge in [-0.3, -0.25) is 19.2 Å². The molecule has 48 heavy (non-hydrogen) atoms. The van der Waals surface area contributed by atoms with Crippen LogP contribution in [0.2, 0.25) is 0 Å². The van der Waals surface area contributed by atoms with Gasteiger partial charge in [0.1, 0.15) is 16.7 Å². The first-order valence-corrected chi connectivity index (χ1v) is 18.0. The first-order chi connectivity index (χ1) is 22.6. The molecule has 2 atom stereocenters. The van der Waals surface area contributed by atoms with E-state index in [0.29, 0.717) is 16.5 Å². The van der Waals surface area contributed by atoms with E-state index in [1.54, 1.807) is 0 Å². The molecule has 1 unspecified atom stereocenters. The molecule has 2 aliphatic heterocycles. The van der Waals surface area contributed by atoms with Gasteiger partial charge in [0.2, 0.25) is 0 Å². The van der Waals surface area contributed by atoms with Crippen molar-refractivity contribution in [1.29, 1.82) is 0 Å². The lowest BCUT2D eigenvalue weighted by atomic mass is 9.90. The van der Waals surface area contributed by atoms with Crippen molar-refractivity contribution in [3.05, 3.63) is 77.9 Å². The molecule has 2 N–H and O–H groups in total. The SMILES string of the molecule is CC(C)(C)CCn1ccc(-c2ccnc(C3CC[C@@H]4CN(c5nc(C(C)(C)C)ccc5C(=O)NSc5cccc(n5)N3)C(C)(C)C4)c2)n1. The smallest absolute Gasteiger partial charge is 0.265 e. The van der Waals surface area contributed by atoms with E-state index in [9.17, 15) is 4.79 Å². The summed E-state index contributed by atoms with van der Waals surface area (Å²) in [4.78, 5) is 31.0. The third kappa shape index (κ3) is 7.86. The zero-order chi connectivity index (χ0) is 34.3. The van der Waals surface area contributed by atoms with E-state index in [1.807, 2.05) is 47.3 Å². The summed E-state index contributed by atoms with van der Waals surface area (Å²) in [6, 6.07) is 16.0. The fraction of sp³-hybridized carbons (Fsp3) is 0.500. The summed E-state index contributed by atoms with van der Waals surface area (Å²) in [6.45, 7) is 19.5. The van der Waals surface area contributed by atoms with E-state index in [4.69, 9.17) is 20.1 Å². The molecule has 0 spiro atoms. The summed E-state index contributed by atoms with van der Waals surface area (Å²) in [7, 11) is 0. The number of pyridine rings is 3. The molecule has 254 valence electrons. The number of carbonyl (C=O) groups is 1. The average Bonchev–Trinajstić information content (AvgIpc) is 3.63. The molecule has 4 aromatic rings. The van der Waals surface area contributed by atoms with Crippen LogP contribution in [0, 0.1) is 11.3 Å². The summed E-state index contributed by atoms with van der Waals surface area (Å²) in [5.74, 6) is 1.76. The topological polar surface area (TPSA) is 101 Å². The van der Waals surface area contributed by atoms with Crippen LogP contribution in [0.3, 0.4) is 0 Å². The van der Waals surface area contributed by atoms with Crippen molar-refractivity contribution in [3.8, 4) is 11.3 Å². The number of nitrogens with zero attached hydrogens (tertiary/aromatic N) is 6. The molecule has 0 radical (unpaired) electrons. The number of nitrogens with one attached hydrogen (secondary N) is 2. The summed E-state index contributed by atoms with van der Waals surface area (Å²) >= 11 is 1.22. The number of aryl methyl sites for hydroxylation is 1. The standard InChI is InChI=1S/C38H50N8OS/c1-36(2,3)18-21-45-20-17-28(43-45)26-16-19-39-30(22-26)29-14-12-25-23-38(7,8)46(24-25)34-27(13-15-31(41-34)37(4,5)6)35(47)44-48-33-11-9-10-32(40-29)42-33/h9-11,13,15-17,19-20,22,25,29H,12,14,18,21,23-24H2,1-8H3,(H,40,42)(H,44,47)/t25-,29?/m0/s1. The van der Waals surface area contributed by atoms with Gasteiger partial charge < -0.3 is 10.2 Å². The van der Waals surface area contributed by atoms with Crippen molar-refractivity contribution < 1.29 is 4.79 Å². The van der Waals surface area contributed by atoms with Gasteiger partial charge in [0.25, 0.3) is 5.91 Å². The van der Waals surface area contributed by atoms with E-state index in [-0.39, 0.29) is 28.3 Å². The first-order valence-electron chi connectivity index (χ1n) is 17.1. The maximum Gasteiger partial charge on any atom is 0.265 e. The molecule has 0 aliphatic carbocycles. The number of amides is 1. The predicted molar refractivity (Wildman–Crippen MR) is 195 cm³/mol. The van der Waals surface area contributed by atoms with Crippen LogP contribution in [0.15, 0.2) is 66.0 Å². The molecule has 0 aromatic carbocycles. The molecule has 2 aliphatic rings. The van der Waals surface area contributed by atoms with Crippen LogP contribution in [0.5, 0.6) is 0 Å². The van der Waals surface area contributed by atoms with Gasteiger partial charge in [-0.15, -0.1) is 0 Å². The van der Waals surface area contributed by atoms with E-state index in [2.05, 4.69) is 88.7 Å². The van der Waals surface area contributed by atoms with Crippen LogP contribution in [0.1, 0.15) is 109 Å². The molecule has 1 saturated heterocycles. The van der Waals surface area contributed by atoms with Crippen LogP contribution in [0.25, 0.3) is 11.3 Å². The Morgan fingerprint density at radius 1 is 1.00 bits per heavy atom. The second-order valence-corrected chi connectivity index (χ2v) is 17.1. The molecule has 4 bridgehead atoms. The minimum atomic E-state index is -0.169. The lowest BCUT2D eigenvalue weighted by Crippen LogP contribution is -2.40. The molecule has 0 saturated carbocycles. The van der Waals surface area contributed by atoms with Gasteiger partial charge in [-0.1, -0.05) is 47.6 Å². The van der Waals surface area contributed by atoms with Crippen LogP contribution < -0.4 is 14.9 Å². The number of carbonyl (C=O) groups excluding carboxylic acids is 1. The number of hydrogen-bond donors (Lipinski definition) is 2. The van der Waals surface area contributed by atoms with Gasteiger partial charge >= 0.3 is 0 Å². The molecule has 1 amide bonds. The van der Waals surface area contributed by atoms with Gasteiger partial charge in [-0.25, -0.2) is 9.97 Å². The Morgan fingerprint density at radius 3 is 2.58 bits per heavy atom. The Bertz CT molecular complexity index is 1770. The van der Waals surface area contributed by atoms with Gasteiger partial charge in [0.15, 0.2) is 0 Å². The van der Waals surface area contributed by atoms with Gasteiger partial charge in [0.05, 0.1) is 23.0 Å². The van der Waals surface area contributed by atoms with Crippen molar-refractivity contribution in [3.63, 3.8) is 0 Å². The summed E-state index contributed by atoms with van der Waals surface area (Å²) in [6.07, 6.45) is 7.89. The maximum absolute atomic E-state index is 13.7. The van der Waals surface area contributed by atoms with E-state index in [1.165, 1.54) is 11.9 Å². The normalized spacial score (nSPS) is 19.9. The highest BCUT2D eigenvalue weighted by atomic mass is 32.2. The Balaban J connectivity index is 1.32. The van der Waals surface area contributed by atoms with Gasteiger partial charge in [-0.2, -0.15) is 5.10 Å². The third-order valence-electron chi connectivity index (χ3n) is 9.43. The lowest BCUT2D eigenvalue weighted by Gasteiger charge is -2.34. The van der Waals surface area contributed by atoms with Crippen LogP contribution >= 0.6 is 11.9 Å². The van der Waals surface area contributed by atoms with Crippen LogP contribution in [-0.2, 0) is 12.0 Å². The van der Waals surface area contributed by atoms with Crippen molar-refractivity contribution >= 4 is 29.5 Å². The molecule has 6 heterocycles. The average molecular weight is 667 g/mol. The monoisotopic (exact) mass is 666 g/mol. The molecule has 4 aromatic heterocycles. The molecule has 10 heteroatoms. The van der Waals surface area contributed by atoms with Crippen LogP contribution in [0.4, 0.5) is 11.6 Å². The van der Waals surface area contributed by atoms with Crippen molar-refractivity contribution in [2.45, 2.75) is 110 Å². The fourth-order valence-electron chi connectivity index (χ4n) is 6.67. The second-order valence-electron chi connectivity index (χ2n) is 16.2. The number of fused-ring (bicyclic) bond motifs is 6. The second kappa shape index (κ2) is 13.2. The summed E-state index contributed by atoms with van der Waals surface area (Å²) < 4.78 is 5.09. The Morgan fingerprint density at radius 2 is 1.81 bits per heavy atom. The van der Waals surface area contributed by atoms with Crippen molar-refractivity contribution in [2.24, 2.45) is 11.3 Å². The van der Waals surface area contributed by atoms with E-state index in [0.717, 1.165) is 73.1 Å². The Hall–Kier alpha value is -3.92. The third-order valence-corrected chi connectivity index (χ3v) is 10.2. The number of anilines is 2. The number of aromatic nitrogens is 5. The van der Waals surface area contributed by atoms with Crippen LogP contribution in [-0.4, -0.2) is 42.7 Å². The van der Waals surface area contributed by atoms with Gasteiger partial charge in [-0.05, 0) is 93.3 Å². The molecule has 9 nitrogen and oxygen atoms in total. The molecule has 6 rings (SSSR count). The van der Waals surface area contributed by atoms with Crippen molar-refractivity contribution in [2.75, 3.05) is 16.8 Å². The summed E-state index contributed by atoms with van der Waals surface area (Å²) in [5.41, 5.74) is 4.48. The van der Waals surface area contributed by atoms with E-state index < -0.39 is 0 Å². The Labute approximate surface area is 289 Å². The molecular formula is C38H50N8OS. The molecule has 1 fully saturated rings. The zero-order valence-electron chi connectivity index (χ0n) is 29.7. The first kappa shape index (κ1) is 34.0. The maximum atomic E-state index is 13.7. The highest BCUT2D eigenvalue weighted by molar-refractivity contribution is 7.97. The minimum absolute atomic E-state index is 0.0598. The van der Waals surface area contributed by atoms with Gasteiger partial charge in [0, 0.05) is 59.6 Å². The summed E-state index contributed by atoms with van der Waals surface area (Å²) in [5, 5.41) is 9.31. The predicted octanol–water partition coefficient (Wildman–Crippen LogP) is 8.46. The number of hydrogen-bond acceptors (Lipinski definition) is 8. The highest BCUT2D eigenvalue weighted by Gasteiger charge is 2.41. The Kier molecular flexibility index (Phi) is 9.32. The largest absolute Gasteiger partial charge is 0.362 e. The fourth-order valence-corrected chi connectivity index (χ4v) is 7.27. The lowest BCUT2D eigenvalue weighted by molar-refractivity contribution is 0.0984. The van der Waals surface area contributed by atoms with Crippen molar-refractivity contribution in [1.82, 2.24) is 29.5 Å². The highest BCUT2D eigenvalue weighted by Crippen LogP contribution is 2.41. The minimum Gasteiger partial charge on any atom is -0.362 e. The quantitative estimate of drug-likeness (QED) is 0.209. The number of rotatable bonds is 4. The molecular weight excluding hydrogens is 617 g/mol. The zero-order valence-corrected chi connectivity index (χ0v) is 30.5.